The number of rotatable bonds is 31. The lowest BCUT2D eigenvalue weighted by Crippen LogP contribution is -2.35. The Labute approximate surface area is 485 Å². The highest BCUT2D eigenvalue weighted by atomic mass is 17.2. The number of benzene rings is 4. The van der Waals surface area contributed by atoms with Crippen LogP contribution in [0.15, 0.2) is 131 Å². The molecule has 2 saturated heterocycles. The molecule has 0 N–H and O–H groups in total. The number of aryl methyl sites for hydroxylation is 2. The molecule has 4 aromatic rings. The van der Waals surface area contributed by atoms with Crippen molar-refractivity contribution >= 4 is 67.5 Å². The number of esters is 6. The zero-order chi connectivity index (χ0) is 60.9. The van der Waals surface area contributed by atoms with Crippen molar-refractivity contribution in [1.29, 1.82) is 0 Å². The monoisotopic (exact) mass is 1160 g/mol. The number of fused-ring (bicyclic) bond motifs is 1. The molecule has 0 radical (unpaired) electrons. The summed E-state index contributed by atoms with van der Waals surface area (Å²) in [4.78, 5) is 98.9. The molecule has 2 heterocycles. The first-order valence-electron chi connectivity index (χ1n) is 26.4. The molecular formula is C60H68N4O20. The smallest absolute Gasteiger partial charge is 0.338 e. The summed E-state index contributed by atoms with van der Waals surface area (Å²) in [5.74, 6) is -2.08. The second-order valence-corrected chi connectivity index (χ2v) is 17.4. The van der Waals surface area contributed by atoms with Crippen LogP contribution in [0, 0.1) is 13.8 Å². The SMILES string of the molecule is C=CC(=O)OCCOC(=O)CCC(=O)Oc1ccc(/C=N/N=C/c2ccc(C(=O)OC3CO[C@H]4[C@@H]3OC[C@H]4OOCC)cc2)cc1C.C=CC(=O)OCCOC(=O)CCCOOc1ccc(/C=N/N=C/c2ccc(C)cc2)cc1OCC.C=O. The van der Waals surface area contributed by atoms with Gasteiger partial charge in [-0.25, -0.2) is 24.2 Å². The van der Waals surface area contributed by atoms with E-state index in [9.17, 15) is 28.8 Å². The van der Waals surface area contributed by atoms with Crippen molar-refractivity contribution in [2.75, 3.05) is 59.5 Å². The Hall–Kier alpha value is -9.07. The lowest BCUT2D eigenvalue weighted by Gasteiger charge is -2.17. The standard InChI is InChI=1S/C33H36N2O12.C26H30N2O7.CH2O/c1-4-28(36)40-14-15-41-29(37)12-13-30(38)45-25-11-8-23(16-21(25)3)18-35-34-17-22-6-9-24(10-7-22)33(39)46-26-19-42-32-27(47-44-5-2)20-43-31(26)32;1-4-25(29)32-15-16-33-26(30)7-6-14-34-35-23-13-12-22(17-24(23)31-5-2)19-28-27-18-21-10-8-20(3)9-11-21;1-2/h4,6-11,16-18,26-27,31-32H,1,5,12-15,19-20H2,2-3H3;4,8-13,17-19H,1,5-7,14-16H2,2-3H3;1H2/b34-17+,35-18+;27-18+,28-19+;/t26?,27-,31-,32-;;/m1../s1. The Bertz CT molecular complexity index is 2890. The quantitative estimate of drug-likeness (QED) is 0.00710. The van der Waals surface area contributed by atoms with Gasteiger partial charge >= 0.3 is 35.8 Å². The fraction of sp³-hybridized carbons (Fsp3) is 0.350. The normalized spacial score (nSPS) is 15.9. The van der Waals surface area contributed by atoms with E-state index in [-0.39, 0.29) is 71.1 Å². The van der Waals surface area contributed by atoms with Crippen LogP contribution in [0.5, 0.6) is 17.2 Å². The van der Waals surface area contributed by atoms with Gasteiger partial charge in [0.15, 0.2) is 11.9 Å². The zero-order valence-electron chi connectivity index (χ0n) is 47.1. The number of hydrogen-bond acceptors (Lipinski definition) is 24. The number of hydrogen-bond donors (Lipinski definition) is 0. The van der Waals surface area contributed by atoms with E-state index in [4.69, 9.17) is 67.0 Å². The van der Waals surface area contributed by atoms with Crippen LogP contribution in [0.4, 0.5) is 0 Å². The van der Waals surface area contributed by atoms with Crippen LogP contribution in [0.3, 0.4) is 0 Å². The predicted octanol–water partition coefficient (Wildman–Crippen LogP) is 7.09. The second-order valence-electron chi connectivity index (χ2n) is 17.4. The van der Waals surface area contributed by atoms with Gasteiger partial charge in [0.1, 0.15) is 57.3 Å². The van der Waals surface area contributed by atoms with E-state index in [1.807, 2.05) is 51.8 Å². The molecule has 4 aromatic carbocycles. The average molecular weight is 1170 g/mol. The highest BCUT2D eigenvalue weighted by Crippen LogP contribution is 2.32. The molecule has 0 aliphatic carbocycles. The molecule has 24 heteroatoms. The van der Waals surface area contributed by atoms with Crippen molar-refractivity contribution in [2.45, 2.75) is 77.8 Å². The van der Waals surface area contributed by atoms with E-state index in [2.05, 4.69) is 33.6 Å². The first kappa shape index (κ1) is 67.4. The van der Waals surface area contributed by atoms with E-state index in [0.29, 0.717) is 54.6 Å². The Morgan fingerprint density at radius 2 is 1.05 bits per heavy atom. The first-order chi connectivity index (χ1) is 40.8. The molecule has 2 aliphatic heterocycles. The molecule has 0 bridgehead atoms. The summed E-state index contributed by atoms with van der Waals surface area (Å²) in [6.45, 7) is 17.3. The van der Waals surface area contributed by atoms with Crippen LogP contribution < -0.4 is 14.4 Å². The van der Waals surface area contributed by atoms with Gasteiger partial charge in [-0.3, -0.25) is 14.4 Å². The summed E-state index contributed by atoms with van der Waals surface area (Å²) in [6.07, 6.45) is 6.88. The maximum absolute atomic E-state index is 12.7. The van der Waals surface area contributed by atoms with Gasteiger partial charge in [0.05, 0.1) is 76.3 Å². The third-order valence-electron chi connectivity index (χ3n) is 11.2. The van der Waals surface area contributed by atoms with Gasteiger partial charge in [0.2, 0.25) is 5.75 Å². The molecule has 24 nitrogen and oxygen atoms in total. The van der Waals surface area contributed by atoms with Crippen LogP contribution in [0.25, 0.3) is 0 Å². The van der Waals surface area contributed by atoms with E-state index in [1.165, 1.54) is 18.0 Å². The summed E-state index contributed by atoms with van der Waals surface area (Å²) in [7, 11) is 0. The molecule has 2 aliphatic rings. The fourth-order valence-corrected chi connectivity index (χ4v) is 7.16. The van der Waals surface area contributed by atoms with Gasteiger partial charge in [0.25, 0.3) is 0 Å². The Kier molecular flexibility index (Phi) is 31.0. The van der Waals surface area contributed by atoms with Crippen molar-refractivity contribution in [3.05, 3.63) is 149 Å². The molecule has 6 rings (SSSR count). The minimum Gasteiger partial charge on any atom is -0.490 e. The molecule has 4 atom stereocenters. The highest BCUT2D eigenvalue weighted by molar-refractivity contribution is 5.91. The summed E-state index contributed by atoms with van der Waals surface area (Å²) in [5.41, 5.74) is 5.42. The average Bonchev–Trinajstić information content (AvgIpc) is 4.34. The molecule has 0 saturated carbocycles. The van der Waals surface area contributed by atoms with E-state index in [1.54, 1.807) is 80.0 Å². The largest absolute Gasteiger partial charge is 0.490 e. The third-order valence-corrected chi connectivity index (χ3v) is 11.2. The van der Waals surface area contributed by atoms with Crippen LogP contribution in [0.2, 0.25) is 0 Å². The van der Waals surface area contributed by atoms with Crippen LogP contribution in [-0.2, 0) is 76.6 Å². The Morgan fingerprint density at radius 1 is 0.548 bits per heavy atom. The van der Waals surface area contributed by atoms with Crippen LogP contribution in [0.1, 0.15) is 83.3 Å². The molecule has 2 fully saturated rings. The van der Waals surface area contributed by atoms with E-state index < -0.39 is 48.0 Å². The van der Waals surface area contributed by atoms with Crippen molar-refractivity contribution in [3.8, 4) is 17.2 Å². The summed E-state index contributed by atoms with van der Waals surface area (Å²) in [5, 5.41) is 16.3. The maximum atomic E-state index is 12.7. The van der Waals surface area contributed by atoms with Crippen LogP contribution in [-0.4, -0.2) is 151 Å². The summed E-state index contributed by atoms with van der Waals surface area (Å²) < 4.78 is 47.3. The van der Waals surface area contributed by atoms with Crippen molar-refractivity contribution in [2.24, 2.45) is 20.4 Å². The molecule has 84 heavy (non-hydrogen) atoms. The molecule has 0 spiro atoms. The molecule has 0 aromatic heterocycles. The summed E-state index contributed by atoms with van der Waals surface area (Å²) >= 11 is 0. The number of carbonyl (C=O) groups excluding carboxylic acids is 7. The highest BCUT2D eigenvalue weighted by Gasteiger charge is 2.50. The third kappa shape index (κ3) is 25.0. The zero-order valence-corrected chi connectivity index (χ0v) is 47.1. The maximum Gasteiger partial charge on any atom is 0.338 e. The van der Waals surface area contributed by atoms with E-state index >= 15 is 0 Å². The first-order valence-corrected chi connectivity index (χ1v) is 26.4. The van der Waals surface area contributed by atoms with Crippen molar-refractivity contribution in [1.82, 2.24) is 0 Å². The summed E-state index contributed by atoms with van der Waals surface area (Å²) in [6, 6.07) is 25.0. The minimum absolute atomic E-state index is 0.0135. The Balaban J connectivity index is 0.000000365. The van der Waals surface area contributed by atoms with Gasteiger partial charge < -0.3 is 52.3 Å². The lowest BCUT2D eigenvalue weighted by atomic mass is 10.1. The molecule has 0 amide bonds. The fourth-order valence-electron chi connectivity index (χ4n) is 7.16. The van der Waals surface area contributed by atoms with Gasteiger partial charge in [0, 0.05) is 18.6 Å². The van der Waals surface area contributed by atoms with Gasteiger partial charge in [-0.1, -0.05) is 55.1 Å². The molecule has 1 unspecified atom stereocenters. The number of nitrogens with zero attached hydrogens (tertiary/aromatic N) is 4. The van der Waals surface area contributed by atoms with Crippen LogP contribution >= 0.6 is 0 Å². The van der Waals surface area contributed by atoms with Crippen molar-refractivity contribution in [3.63, 3.8) is 0 Å². The Morgan fingerprint density at radius 3 is 1.62 bits per heavy atom. The molecular weight excluding hydrogens is 1100 g/mol. The van der Waals surface area contributed by atoms with E-state index in [0.717, 1.165) is 34.4 Å². The molecule has 448 valence electrons. The number of carbonyl (C=O) groups is 7. The topological polar surface area (TPSA) is 289 Å². The lowest BCUT2D eigenvalue weighted by molar-refractivity contribution is -0.330. The van der Waals surface area contributed by atoms with Gasteiger partial charge in [-0.05, 0) is 110 Å². The minimum atomic E-state index is -0.619. The van der Waals surface area contributed by atoms with Crippen molar-refractivity contribution < 1.29 is 95.7 Å². The van der Waals surface area contributed by atoms with Gasteiger partial charge in [-0.2, -0.15) is 25.3 Å². The van der Waals surface area contributed by atoms with Gasteiger partial charge in [-0.15, -0.1) is 0 Å². The predicted molar refractivity (Wildman–Crippen MR) is 304 cm³/mol. The number of ether oxygens (including phenoxy) is 9. The second kappa shape index (κ2) is 38.6.